The lowest BCUT2D eigenvalue weighted by Crippen LogP contribution is -1.92. The summed E-state index contributed by atoms with van der Waals surface area (Å²) in [5.74, 6) is 0. The summed E-state index contributed by atoms with van der Waals surface area (Å²) in [5, 5.41) is 10.3. The van der Waals surface area contributed by atoms with Crippen LogP contribution in [0.15, 0.2) is 158 Å². The molecule has 9 aromatic rings. The predicted octanol–water partition coefficient (Wildman–Crippen LogP) is 12.5. The molecule has 0 saturated heterocycles. The van der Waals surface area contributed by atoms with Crippen molar-refractivity contribution >= 4 is 63.8 Å². The highest BCUT2D eigenvalue weighted by molar-refractivity contribution is 7.25. The van der Waals surface area contributed by atoms with Crippen molar-refractivity contribution in [2.75, 3.05) is 0 Å². The highest BCUT2D eigenvalue weighted by Crippen LogP contribution is 2.46. The zero-order chi connectivity index (χ0) is 28.3. The molecular formula is C42H26S. The molecule has 0 fully saturated rings. The number of hydrogen-bond acceptors (Lipinski definition) is 1. The van der Waals surface area contributed by atoms with Crippen LogP contribution in [-0.2, 0) is 0 Å². The molecule has 0 spiro atoms. The molecule has 0 aliphatic carbocycles. The van der Waals surface area contributed by atoms with Gasteiger partial charge < -0.3 is 0 Å². The van der Waals surface area contributed by atoms with E-state index in [9.17, 15) is 0 Å². The fourth-order valence-corrected chi connectivity index (χ4v) is 8.00. The minimum atomic E-state index is 1.24. The Morgan fingerprint density at radius 1 is 0.302 bits per heavy atom. The van der Waals surface area contributed by atoms with E-state index in [1.54, 1.807) is 0 Å². The zero-order valence-electron chi connectivity index (χ0n) is 23.4. The number of rotatable bonds is 3. The smallest absolute Gasteiger partial charge is 0.0355 e. The Bertz CT molecular complexity index is 2440. The Morgan fingerprint density at radius 2 is 0.884 bits per heavy atom. The first-order valence-corrected chi connectivity index (χ1v) is 15.6. The molecule has 0 amide bonds. The summed E-state index contributed by atoms with van der Waals surface area (Å²) >= 11 is 1.87. The lowest BCUT2D eigenvalue weighted by atomic mass is 9.84. The van der Waals surface area contributed by atoms with Crippen LogP contribution in [0.1, 0.15) is 0 Å². The zero-order valence-corrected chi connectivity index (χ0v) is 24.2. The van der Waals surface area contributed by atoms with Crippen molar-refractivity contribution in [1.82, 2.24) is 0 Å². The third-order valence-electron chi connectivity index (χ3n) is 8.86. The molecule has 200 valence electrons. The predicted molar refractivity (Wildman–Crippen MR) is 188 cm³/mol. The summed E-state index contributed by atoms with van der Waals surface area (Å²) in [6.07, 6.45) is 0. The van der Waals surface area contributed by atoms with Crippen molar-refractivity contribution in [3.8, 4) is 33.4 Å². The van der Waals surface area contributed by atoms with Gasteiger partial charge in [0.05, 0.1) is 0 Å². The summed E-state index contributed by atoms with van der Waals surface area (Å²) in [6.45, 7) is 0. The standard InChI is InChI=1S/C42H26S/c1-2-11-27(12-3-1)29-22-21-28-13-10-19-36(37(28)25-29)42-34-17-6-4-15-32(34)41(33-16-5-7-18-35(33)42)30-23-24-40-38(26-30)31-14-8-9-20-39(31)43-40/h1-26H. The van der Waals surface area contributed by atoms with Gasteiger partial charge in [0.15, 0.2) is 0 Å². The van der Waals surface area contributed by atoms with Crippen LogP contribution in [0.25, 0.3) is 85.9 Å². The van der Waals surface area contributed by atoms with E-state index in [1.165, 1.54) is 85.9 Å². The quantitative estimate of drug-likeness (QED) is 0.188. The maximum atomic E-state index is 2.41. The maximum absolute atomic E-state index is 2.41. The maximum Gasteiger partial charge on any atom is 0.0355 e. The first-order valence-electron chi connectivity index (χ1n) is 14.8. The molecular weight excluding hydrogens is 537 g/mol. The van der Waals surface area contributed by atoms with Crippen LogP contribution in [0.4, 0.5) is 0 Å². The number of hydrogen-bond donors (Lipinski definition) is 0. The van der Waals surface area contributed by atoms with Crippen molar-refractivity contribution in [2.45, 2.75) is 0 Å². The fraction of sp³-hybridized carbons (Fsp3) is 0. The second-order valence-corrected chi connectivity index (χ2v) is 12.3. The molecule has 8 aromatic carbocycles. The van der Waals surface area contributed by atoms with Crippen molar-refractivity contribution in [2.24, 2.45) is 0 Å². The minimum absolute atomic E-state index is 1.24. The number of thiophene rings is 1. The number of benzene rings is 8. The van der Waals surface area contributed by atoms with E-state index < -0.39 is 0 Å². The van der Waals surface area contributed by atoms with Crippen LogP contribution >= 0.6 is 11.3 Å². The Balaban J connectivity index is 1.37. The molecule has 0 bridgehead atoms. The van der Waals surface area contributed by atoms with E-state index in [0.717, 1.165) is 0 Å². The van der Waals surface area contributed by atoms with Crippen molar-refractivity contribution in [1.29, 1.82) is 0 Å². The SMILES string of the molecule is c1ccc(-c2ccc3cccc(-c4c5ccccc5c(-c5ccc6sc7ccccc7c6c5)c5ccccc45)c3c2)cc1. The lowest BCUT2D eigenvalue weighted by molar-refractivity contribution is 1.64. The summed E-state index contributed by atoms with van der Waals surface area (Å²) in [5.41, 5.74) is 7.61. The summed E-state index contributed by atoms with van der Waals surface area (Å²) in [7, 11) is 0. The first-order chi connectivity index (χ1) is 21.3. The van der Waals surface area contributed by atoms with Gasteiger partial charge in [0, 0.05) is 20.2 Å². The van der Waals surface area contributed by atoms with Gasteiger partial charge in [-0.3, -0.25) is 0 Å². The molecule has 9 rings (SSSR count). The molecule has 0 nitrogen and oxygen atoms in total. The van der Waals surface area contributed by atoms with Crippen LogP contribution in [-0.4, -0.2) is 0 Å². The molecule has 0 N–H and O–H groups in total. The van der Waals surface area contributed by atoms with Gasteiger partial charge in [0.1, 0.15) is 0 Å². The average Bonchev–Trinajstić information content (AvgIpc) is 3.45. The van der Waals surface area contributed by atoms with Gasteiger partial charge in [-0.15, -0.1) is 11.3 Å². The number of fused-ring (bicyclic) bond motifs is 6. The lowest BCUT2D eigenvalue weighted by Gasteiger charge is -2.19. The Kier molecular flexibility index (Phi) is 5.47. The van der Waals surface area contributed by atoms with E-state index in [4.69, 9.17) is 0 Å². The second-order valence-electron chi connectivity index (χ2n) is 11.3. The van der Waals surface area contributed by atoms with Gasteiger partial charge in [-0.2, -0.15) is 0 Å². The molecule has 0 aliphatic rings. The first kappa shape index (κ1) is 24.4. The highest BCUT2D eigenvalue weighted by Gasteiger charge is 2.18. The van der Waals surface area contributed by atoms with Gasteiger partial charge in [-0.05, 0) is 90.0 Å². The molecule has 0 radical (unpaired) electrons. The molecule has 0 saturated carbocycles. The topological polar surface area (TPSA) is 0 Å². The van der Waals surface area contributed by atoms with Crippen molar-refractivity contribution in [3.63, 3.8) is 0 Å². The van der Waals surface area contributed by atoms with E-state index in [-0.39, 0.29) is 0 Å². The Morgan fingerprint density at radius 3 is 1.63 bits per heavy atom. The molecule has 43 heavy (non-hydrogen) atoms. The monoisotopic (exact) mass is 562 g/mol. The fourth-order valence-electron chi connectivity index (χ4n) is 6.91. The molecule has 0 atom stereocenters. The normalized spacial score (nSPS) is 11.7. The van der Waals surface area contributed by atoms with Gasteiger partial charge >= 0.3 is 0 Å². The summed E-state index contributed by atoms with van der Waals surface area (Å²) < 4.78 is 2.67. The van der Waals surface area contributed by atoms with Gasteiger partial charge in [-0.25, -0.2) is 0 Å². The third kappa shape index (κ3) is 3.82. The highest BCUT2D eigenvalue weighted by atomic mass is 32.1. The minimum Gasteiger partial charge on any atom is -0.135 e. The van der Waals surface area contributed by atoms with Gasteiger partial charge in [-0.1, -0.05) is 133 Å². The van der Waals surface area contributed by atoms with Crippen LogP contribution in [0, 0.1) is 0 Å². The van der Waals surface area contributed by atoms with E-state index >= 15 is 0 Å². The molecule has 0 aliphatic heterocycles. The molecule has 1 heteroatoms. The van der Waals surface area contributed by atoms with Crippen molar-refractivity contribution < 1.29 is 0 Å². The second kappa shape index (κ2) is 9.66. The average molecular weight is 563 g/mol. The van der Waals surface area contributed by atoms with Crippen LogP contribution in [0.5, 0.6) is 0 Å². The Hall–Kier alpha value is -5.24. The molecule has 1 heterocycles. The molecule has 1 aromatic heterocycles. The van der Waals surface area contributed by atoms with Gasteiger partial charge in [0.25, 0.3) is 0 Å². The van der Waals surface area contributed by atoms with Crippen LogP contribution in [0.3, 0.4) is 0 Å². The van der Waals surface area contributed by atoms with Gasteiger partial charge in [0.2, 0.25) is 0 Å². The van der Waals surface area contributed by atoms with Crippen LogP contribution in [0.2, 0.25) is 0 Å². The van der Waals surface area contributed by atoms with E-state index in [2.05, 4.69) is 158 Å². The van der Waals surface area contributed by atoms with Crippen LogP contribution < -0.4 is 0 Å². The third-order valence-corrected chi connectivity index (χ3v) is 10.0. The largest absolute Gasteiger partial charge is 0.135 e. The summed E-state index contributed by atoms with van der Waals surface area (Å²) in [4.78, 5) is 0. The van der Waals surface area contributed by atoms with E-state index in [1.807, 2.05) is 11.3 Å². The van der Waals surface area contributed by atoms with Crippen molar-refractivity contribution in [3.05, 3.63) is 158 Å². The molecule has 0 unspecified atom stereocenters. The van der Waals surface area contributed by atoms with E-state index in [0.29, 0.717) is 0 Å². The Labute approximate surface area is 254 Å². The summed E-state index contributed by atoms with van der Waals surface area (Å²) in [6, 6.07) is 58.0.